The standard InChI is InChI=1S/C16H20N2O2S/c1-10(2)15(14-5-4-8-21-14)18-16(19)12-7-6-11(17)9-13(12)20-3/h4-10,15H,17H2,1-3H3,(H,18,19). The summed E-state index contributed by atoms with van der Waals surface area (Å²) in [5.41, 5.74) is 6.79. The average Bonchev–Trinajstić information content (AvgIpc) is 2.97. The van der Waals surface area contributed by atoms with Crippen molar-refractivity contribution in [2.75, 3.05) is 12.8 Å². The van der Waals surface area contributed by atoms with Crippen LogP contribution in [0.3, 0.4) is 0 Å². The fraction of sp³-hybridized carbons (Fsp3) is 0.312. The van der Waals surface area contributed by atoms with Crippen molar-refractivity contribution in [3.05, 3.63) is 46.2 Å². The van der Waals surface area contributed by atoms with E-state index in [1.807, 2.05) is 17.5 Å². The molecule has 1 unspecified atom stereocenters. The van der Waals surface area contributed by atoms with Crippen LogP contribution in [-0.4, -0.2) is 13.0 Å². The van der Waals surface area contributed by atoms with Gasteiger partial charge in [-0.3, -0.25) is 4.79 Å². The molecule has 0 saturated carbocycles. The Balaban J connectivity index is 2.24. The Kier molecular flexibility index (Phi) is 4.85. The van der Waals surface area contributed by atoms with Crippen LogP contribution in [-0.2, 0) is 0 Å². The lowest BCUT2D eigenvalue weighted by Gasteiger charge is -2.22. The summed E-state index contributed by atoms with van der Waals surface area (Å²) in [5, 5.41) is 5.09. The van der Waals surface area contributed by atoms with Crippen LogP contribution in [0.25, 0.3) is 0 Å². The minimum Gasteiger partial charge on any atom is -0.496 e. The molecule has 0 fully saturated rings. The van der Waals surface area contributed by atoms with Gasteiger partial charge >= 0.3 is 0 Å². The molecule has 1 amide bonds. The maximum absolute atomic E-state index is 12.5. The van der Waals surface area contributed by atoms with E-state index in [2.05, 4.69) is 19.2 Å². The highest BCUT2D eigenvalue weighted by Crippen LogP contribution is 2.28. The summed E-state index contributed by atoms with van der Waals surface area (Å²) >= 11 is 1.64. The minimum atomic E-state index is -0.154. The molecule has 112 valence electrons. The summed E-state index contributed by atoms with van der Waals surface area (Å²) in [6, 6.07) is 9.06. The fourth-order valence-electron chi connectivity index (χ4n) is 2.15. The van der Waals surface area contributed by atoms with Crippen LogP contribution in [0, 0.1) is 5.92 Å². The number of ether oxygens (including phenoxy) is 1. The van der Waals surface area contributed by atoms with Gasteiger partial charge in [0.15, 0.2) is 0 Å². The normalized spacial score (nSPS) is 12.2. The molecule has 3 N–H and O–H groups in total. The van der Waals surface area contributed by atoms with E-state index < -0.39 is 0 Å². The Morgan fingerprint density at radius 1 is 1.33 bits per heavy atom. The van der Waals surface area contributed by atoms with E-state index in [-0.39, 0.29) is 11.9 Å². The average molecular weight is 304 g/mol. The quantitative estimate of drug-likeness (QED) is 0.831. The first-order valence-electron chi connectivity index (χ1n) is 6.80. The number of carbonyl (C=O) groups is 1. The van der Waals surface area contributed by atoms with Crippen molar-refractivity contribution < 1.29 is 9.53 Å². The molecule has 0 aliphatic heterocycles. The highest BCUT2D eigenvalue weighted by molar-refractivity contribution is 7.10. The lowest BCUT2D eigenvalue weighted by atomic mass is 10.0. The zero-order valence-electron chi connectivity index (χ0n) is 12.4. The Morgan fingerprint density at radius 3 is 2.67 bits per heavy atom. The SMILES string of the molecule is COc1cc(N)ccc1C(=O)NC(c1cccs1)C(C)C. The molecule has 0 saturated heterocycles. The Hall–Kier alpha value is -2.01. The highest BCUT2D eigenvalue weighted by Gasteiger charge is 2.21. The fourth-order valence-corrected chi connectivity index (χ4v) is 3.10. The van der Waals surface area contributed by atoms with Crippen LogP contribution in [0.4, 0.5) is 5.69 Å². The van der Waals surface area contributed by atoms with E-state index in [0.29, 0.717) is 22.9 Å². The number of carbonyl (C=O) groups excluding carboxylic acids is 1. The molecule has 5 heteroatoms. The van der Waals surface area contributed by atoms with Gasteiger partial charge in [0.25, 0.3) is 5.91 Å². The zero-order chi connectivity index (χ0) is 15.4. The van der Waals surface area contributed by atoms with Crippen LogP contribution in [0.2, 0.25) is 0 Å². The van der Waals surface area contributed by atoms with Crippen LogP contribution in [0.5, 0.6) is 5.75 Å². The van der Waals surface area contributed by atoms with Gasteiger partial charge in [-0.25, -0.2) is 0 Å². The van der Waals surface area contributed by atoms with E-state index in [9.17, 15) is 4.79 Å². The lowest BCUT2D eigenvalue weighted by Crippen LogP contribution is -2.31. The predicted octanol–water partition coefficient (Wildman–Crippen LogP) is 3.47. The smallest absolute Gasteiger partial charge is 0.255 e. The molecule has 1 aromatic carbocycles. The predicted molar refractivity (Wildman–Crippen MR) is 86.8 cm³/mol. The molecular weight excluding hydrogens is 284 g/mol. The summed E-state index contributed by atoms with van der Waals surface area (Å²) in [5.74, 6) is 0.632. The van der Waals surface area contributed by atoms with Crippen molar-refractivity contribution in [2.45, 2.75) is 19.9 Å². The van der Waals surface area contributed by atoms with Gasteiger partial charge in [0.2, 0.25) is 0 Å². The second-order valence-corrected chi connectivity index (χ2v) is 6.15. The number of thiophene rings is 1. The lowest BCUT2D eigenvalue weighted by molar-refractivity contribution is 0.0923. The van der Waals surface area contributed by atoms with Gasteiger partial charge in [0.05, 0.1) is 18.7 Å². The van der Waals surface area contributed by atoms with E-state index in [0.717, 1.165) is 4.88 Å². The summed E-state index contributed by atoms with van der Waals surface area (Å²) in [6.07, 6.45) is 0. The summed E-state index contributed by atoms with van der Waals surface area (Å²) in [4.78, 5) is 13.7. The molecule has 0 bridgehead atoms. The van der Waals surface area contributed by atoms with Gasteiger partial charge in [0, 0.05) is 16.6 Å². The maximum Gasteiger partial charge on any atom is 0.255 e. The van der Waals surface area contributed by atoms with E-state index >= 15 is 0 Å². The third-order valence-electron chi connectivity index (χ3n) is 3.27. The first-order chi connectivity index (χ1) is 10.0. The molecule has 1 aromatic heterocycles. The summed E-state index contributed by atoms with van der Waals surface area (Å²) in [7, 11) is 1.53. The number of benzene rings is 1. The molecule has 2 aromatic rings. The number of nitrogens with two attached hydrogens (primary N) is 1. The molecular formula is C16H20N2O2S. The van der Waals surface area contributed by atoms with Crippen LogP contribution >= 0.6 is 11.3 Å². The second-order valence-electron chi connectivity index (χ2n) is 5.17. The van der Waals surface area contributed by atoms with Gasteiger partial charge in [-0.15, -0.1) is 11.3 Å². The highest BCUT2D eigenvalue weighted by atomic mass is 32.1. The third-order valence-corrected chi connectivity index (χ3v) is 4.23. The molecule has 0 aliphatic rings. The molecule has 4 nitrogen and oxygen atoms in total. The van der Waals surface area contributed by atoms with Crippen molar-refractivity contribution in [1.82, 2.24) is 5.32 Å². The van der Waals surface area contributed by atoms with Crippen molar-refractivity contribution in [1.29, 1.82) is 0 Å². The van der Waals surface area contributed by atoms with E-state index in [1.165, 1.54) is 7.11 Å². The molecule has 2 rings (SSSR count). The Bertz CT molecular complexity index is 609. The number of hydrogen-bond acceptors (Lipinski definition) is 4. The molecule has 0 spiro atoms. The summed E-state index contributed by atoms with van der Waals surface area (Å²) in [6.45, 7) is 4.18. The van der Waals surface area contributed by atoms with Crippen molar-refractivity contribution in [3.63, 3.8) is 0 Å². The number of rotatable bonds is 5. The number of methoxy groups -OCH3 is 1. The van der Waals surface area contributed by atoms with Gasteiger partial charge in [0.1, 0.15) is 5.75 Å². The number of nitrogens with one attached hydrogen (secondary N) is 1. The van der Waals surface area contributed by atoms with Gasteiger partial charge < -0.3 is 15.8 Å². The number of nitrogen functional groups attached to an aromatic ring is 1. The van der Waals surface area contributed by atoms with Crippen LogP contribution in [0.15, 0.2) is 35.7 Å². The first kappa shape index (κ1) is 15.4. The molecule has 1 atom stereocenters. The molecule has 1 heterocycles. The van der Waals surface area contributed by atoms with E-state index in [1.54, 1.807) is 29.5 Å². The maximum atomic E-state index is 12.5. The van der Waals surface area contributed by atoms with Gasteiger partial charge in [-0.1, -0.05) is 19.9 Å². The second kappa shape index (κ2) is 6.63. The summed E-state index contributed by atoms with van der Waals surface area (Å²) < 4.78 is 5.24. The largest absolute Gasteiger partial charge is 0.496 e. The van der Waals surface area contributed by atoms with Gasteiger partial charge in [-0.2, -0.15) is 0 Å². The third kappa shape index (κ3) is 3.55. The topological polar surface area (TPSA) is 64.3 Å². The molecule has 0 aliphatic carbocycles. The van der Waals surface area contributed by atoms with Gasteiger partial charge in [-0.05, 0) is 29.5 Å². The van der Waals surface area contributed by atoms with Crippen LogP contribution in [0.1, 0.15) is 35.1 Å². The van der Waals surface area contributed by atoms with E-state index in [4.69, 9.17) is 10.5 Å². The monoisotopic (exact) mass is 304 g/mol. The Morgan fingerprint density at radius 2 is 2.10 bits per heavy atom. The van der Waals surface area contributed by atoms with Crippen molar-refractivity contribution in [2.24, 2.45) is 5.92 Å². The number of hydrogen-bond donors (Lipinski definition) is 2. The van der Waals surface area contributed by atoms with Crippen molar-refractivity contribution >= 4 is 22.9 Å². The van der Waals surface area contributed by atoms with Crippen molar-refractivity contribution in [3.8, 4) is 5.75 Å². The number of anilines is 1. The molecule has 21 heavy (non-hydrogen) atoms. The first-order valence-corrected chi connectivity index (χ1v) is 7.68. The minimum absolute atomic E-state index is 0.0141. The van der Waals surface area contributed by atoms with Crippen LogP contribution < -0.4 is 15.8 Å². The number of amides is 1. The Labute approximate surface area is 128 Å². The molecule has 0 radical (unpaired) electrons. The zero-order valence-corrected chi connectivity index (χ0v) is 13.2.